The van der Waals surface area contributed by atoms with E-state index in [0.29, 0.717) is 12.1 Å². The standard InChI is InChI=1S/C12H31N3OSi/c1-8-11(5)14-17(13-7,16-10(3)4)15-12(6)9-2/h10-15H,8-9H2,1-7H3. The molecule has 2 atom stereocenters. The molecule has 0 radical (unpaired) electrons. The van der Waals surface area contributed by atoms with Crippen LogP contribution >= 0.6 is 0 Å². The average Bonchev–Trinajstić information content (AvgIpc) is 2.27. The molecule has 0 aliphatic heterocycles. The monoisotopic (exact) mass is 261 g/mol. The summed E-state index contributed by atoms with van der Waals surface area (Å²) in [6, 6.07) is 0.897. The Balaban J connectivity index is 4.73. The third kappa shape index (κ3) is 6.52. The van der Waals surface area contributed by atoms with Gasteiger partial charge in [0.2, 0.25) is 0 Å². The number of rotatable bonds is 9. The van der Waals surface area contributed by atoms with E-state index in [1.54, 1.807) is 0 Å². The quantitative estimate of drug-likeness (QED) is 0.554. The molecule has 4 nitrogen and oxygen atoms in total. The maximum Gasteiger partial charge on any atom is 0.440 e. The van der Waals surface area contributed by atoms with Gasteiger partial charge in [-0.2, -0.15) is 0 Å². The molecule has 5 heteroatoms. The Hall–Kier alpha value is 0.0569. The van der Waals surface area contributed by atoms with Crippen molar-refractivity contribution in [3.8, 4) is 0 Å². The van der Waals surface area contributed by atoms with Gasteiger partial charge in [-0.1, -0.05) is 27.7 Å². The van der Waals surface area contributed by atoms with E-state index in [2.05, 4.69) is 56.5 Å². The molecule has 0 aliphatic rings. The Kier molecular flexibility index (Phi) is 8.24. The first-order valence-corrected chi connectivity index (χ1v) is 8.72. The third-order valence-electron chi connectivity index (χ3n) is 2.89. The van der Waals surface area contributed by atoms with Gasteiger partial charge in [0.15, 0.2) is 0 Å². The molecule has 0 aliphatic carbocycles. The fraction of sp³-hybridized carbons (Fsp3) is 1.00. The van der Waals surface area contributed by atoms with E-state index in [1.165, 1.54) is 0 Å². The van der Waals surface area contributed by atoms with Crippen LogP contribution in [0.15, 0.2) is 0 Å². The van der Waals surface area contributed by atoms with Crippen LogP contribution < -0.4 is 14.9 Å². The van der Waals surface area contributed by atoms with Gasteiger partial charge in [-0.3, -0.25) is 14.9 Å². The second kappa shape index (κ2) is 8.21. The van der Waals surface area contributed by atoms with Crippen molar-refractivity contribution in [2.45, 2.75) is 72.6 Å². The lowest BCUT2D eigenvalue weighted by atomic mass is 10.3. The maximum atomic E-state index is 6.14. The first-order valence-electron chi connectivity index (χ1n) is 6.81. The fourth-order valence-corrected chi connectivity index (χ4v) is 4.69. The molecule has 0 bridgehead atoms. The molecule has 0 rings (SSSR count). The van der Waals surface area contributed by atoms with Crippen LogP contribution in [0.4, 0.5) is 0 Å². The summed E-state index contributed by atoms with van der Waals surface area (Å²) in [6.07, 6.45) is 2.40. The van der Waals surface area contributed by atoms with Gasteiger partial charge < -0.3 is 4.43 Å². The molecule has 0 heterocycles. The van der Waals surface area contributed by atoms with Crippen molar-refractivity contribution in [2.75, 3.05) is 7.05 Å². The van der Waals surface area contributed by atoms with Crippen molar-refractivity contribution in [3.05, 3.63) is 0 Å². The lowest BCUT2D eigenvalue weighted by Crippen LogP contribution is -2.77. The summed E-state index contributed by atoms with van der Waals surface area (Å²) in [5.41, 5.74) is 0. The lowest BCUT2D eigenvalue weighted by Gasteiger charge is -2.37. The smallest absolute Gasteiger partial charge is 0.378 e. The van der Waals surface area contributed by atoms with Crippen LogP contribution in [0.5, 0.6) is 0 Å². The molecule has 17 heavy (non-hydrogen) atoms. The van der Waals surface area contributed by atoms with Gasteiger partial charge >= 0.3 is 8.80 Å². The highest BCUT2D eigenvalue weighted by atomic mass is 28.4. The molecular weight excluding hydrogens is 230 g/mol. The Bertz CT molecular complexity index is 190. The molecule has 0 amide bonds. The predicted octanol–water partition coefficient (Wildman–Crippen LogP) is 1.84. The first-order chi connectivity index (χ1) is 7.89. The van der Waals surface area contributed by atoms with Crippen LogP contribution in [0, 0.1) is 0 Å². The molecule has 2 unspecified atom stereocenters. The highest BCUT2D eigenvalue weighted by Gasteiger charge is 2.38. The fourth-order valence-electron chi connectivity index (χ4n) is 1.56. The van der Waals surface area contributed by atoms with Crippen molar-refractivity contribution in [2.24, 2.45) is 0 Å². The van der Waals surface area contributed by atoms with Gasteiger partial charge in [-0.05, 0) is 33.7 Å². The van der Waals surface area contributed by atoms with Gasteiger partial charge in [0.1, 0.15) is 0 Å². The molecule has 0 fully saturated rings. The van der Waals surface area contributed by atoms with Crippen LogP contribution in [0.25, 0.3) is 0 Å². The van der Waals surface area contributed by atoms with Crippen LogP contribution in [0.2, 0.25) is 0 Å². The third-order valence-corrected chi connectivity index (χ3v) is 6.22. The topological polar surface area (TPSA) is 45.3 Å². The molecule has 0 saturated heterocycles. The average molecular weight is 261 g/mol. The van der Waals surface area contributed by atoms with Gasteiger partial charge in [-0.25, -0.2) is 0 Å². The van der Waals surface area contributed by atoms with Crippen molar-refractivity contribution in [1.82, 2.24) is 14.9 Å². The number of hydrogen-bond acceptors (Lipinski definition) is 4. The van der Waals surface area contributed by atoms with Crippen LogP contribution in [0.3, 0.4) is 0 Å². The number of nitrogens with one attached hydrogen (secondary N) is 3. The zero-order valence-electron chi connectivity index (χ0n) is 12.6. The Morgan fingerprint density at radius 3 is 1.59 bits per heavy atom. The Morgan fingerprint density at radius 2 is 1.35 bits per heavy atom. The van der Waals surface area contributed by atoms with Crippen molar-refractivity contribution in [3.63, 3.8) is 0 Å². The van der Waals surface area contributed by atoms with Gasteiger partial charge in [0, 0.05) is 18.2 Å². The van der Waals surface area contributed by atoms with E-state index in [0.717, 1.165) is 12.8 Å². The molecular formula is C12H31N3OSi. The van der Waals surface area contributed by atoms with E-state index in [9.17, 15) is 0 Å². The maximum absolute atomic E-state index is 6.14. The van der Waals surface area contributed by atoms with Gasteiger partial charge in [-0.15, -0.1) is 0 Å². The summed E-state index contributed by atoms with van der Waals surface area (Å²) in [5, 5.41) is 0. The lowest BCUT2D eigenvalue weighted by molar-refractivity contribution is 0.196. The molecule has 0 aromatic rings. The second-order valence-electron chi connectivity index (χ2n) is 5.01. The highest BCUT2D eigenvalue weighted by molar-refractivity contribution is 6.66. The largest absolute Gasteiger partial charge is 0.440 e. The van der Waals surface area contributed by atoms with Crippen molar-refractivity contribution < 1.29 is 4.43 Å². The van der Waals surface area contributed by atoms with Crippen LogP contribution in [-0.4, -0.2) is 34.0 Å². The second-order valence-corrected chi connectivity index (χ2v) is 7.68. The Labute approximate surface area is 108 Å². The normalized spacial score (nSPS) is 19.1. The van der Waals surface area contributed by atoms with Gasteiger partial charge in [0.05, 0.1) is 0 Å². The van der Waals surface area contributed by atoms with Crippen LogP contribution in [-0.2, 0) is 4.43 Å². The SMILES string of the molecule is CCC(C)N[Si](NC)(NC(C)CC)OC(C)C. The summed E-state index contributed by atoms with van der Waals surface area (Å²) >= 11 is 0. The van der Waals surface area contributed by atoms with Crippen LogP contribution in [0.1, 0.15) is 54.4 Å². The molecule has 0 spiro atoms. The van der Waals surface area contributed by atoms with E-state index in [4.69, 9.17) is 4.43 Å². The summed E-state index contributed by atoms with van der Waals surface area (Å²) in [7, 11) is -0.279. The number of hydrogen-bond donors (Lipinski definition) is 3. The van der Waals surface area contributed by atoms with E-state index < -0.39 is 8.80 Å². The van der Waals surface area contributed by atoms with Crippen molar-refractivity contribution >= 4 is 8.80 Å². The molecule has 0 aromatic heterocycles. The zero-order chi connectivity index (χ0) is 13.5. The predicted molar refractivity (Wildman–Crippen MR) is 76.8 cm³/mol. The minimum atomic E-state index is -2.25. The molecule has 3 N–H and O–H groups in total. The molecule has 0 saturated carbocycles. The van der Waals surface area contributed by atoms with E-state index >= 15 is 0 Å². The molecule has 0 aromatic carbocycles. The van der Waals surface area contributed by atoms with Crippen molar-refractivity contribution in [1.29, 1.82) is 0 Å². The highest BCUT2D eigenvalue weighted by Crippen LogP contribution is 2.04. The minimum Gasteiger partial charge on any atom is -0.378 e. The Morgan fingerprint density at radius 1 is 0.941 bits per heavy atom. The molecule has 104 valence electrons. The zero-order valence-corrected chi connectivity index (χ0v) is 13.6. The van der Waals surface area contributed by atoms with E-state index in [1.807, 2.05) is 7.05 Å². The van der Waals surface area contributed by atoms with E-state index in [-0.39, 0.29) is 6.10 Å². The summed E-state index contributed by atoms with van der Waals surface area (Å²) in [5.74, 6) is 0. The summed E-state index contributed by atoms with van der Waals surface area (Å²) in [4.78, 5) is 10.6. The minimum absolute atomic E-state index is 0.210. The van der Waals surface area contributed by atoms with Gasteiger partial charge in [0.25, 0.3) is 0 Å². The first kappa shape index (κ1) is 17.1. The summed E-state index contributed by atoms with van der Waals surface area (Å²) < 4.78 is 6.14. The summed E-state index contributed by atoms with van der Waals surface area (Å²) in [6.45, 7) is 12.9.